The van der Waals surface area contributed by atoms with Gasteiger partial charge < -0.3 is 9.47 Å². The van der Waals surface area contributed by atoms with Crippen LogP contribution in [0.1, 0.15) is 25.8 Å². The van der Waals surface area contributed by atoms with E-state index in [2.05, 4.69) is 18.6 Å². The van der Waals surface area contributed by atoms with Crippen molar-refractivity contribution in [3.8, 4) is 11.5 Å². The van der Waals surface area contributed by atoms with Crippen molar-refractivity contribution in [3.63, 3.8) is 0 Å². The average Bonchev–Trinajstić information content (AvgIpc) is 2.51. The molecule has 1 heterocycles. The van der Waals surface area contributed by atoms with E-state index < -0.39 is 10.2 Å². The number of nitrogens with one attached hydrogen (secondary N) is 1. The van der Waals surface area contributed by atoms with Crippen molar-refractivity contribution in [1.29, 1.82) is 0 Å². The van der Waals surface area contributed by atoms with Crippen LogP contribution < -0.4 is 14.2 Å². The maximum absolute atomic E-state index is 12.5. The molecule has 0 aliphatic carbocycles. The third kappa shape index (κ3) is 4.59. The molecule has 1 fully saturated rings. The number of methoxy groups -OCH3 is 2. The van der Waals surface area contributed by atoms with Gasteiger partial charge in [0.2, 0.25) is 0 Å². The Balaban J connectivity index is 2.04. The Morgan fingerprint density at radius 1 is 1.13 bits per heavy atom. The van der Waals surface area contributed by atoms with Gasteiger partial charge in [-0.2, -0.15) is 17.4 Å². The highest BCUT2D eigenvalue weighted by Crippen LogP contribution is 2.28. The molecule has 2 atom stereocenters. The Labute approximate surface area is 139 Å². The molecule has 1 aromatic rings. The molecule has 23 heavy (non-hydrogen) atoms. The van der Waals surface area contributed by atoms with E-state index >= 15 is 0 Å². The van der Waals surface area contributed by atoms with Crippen LogP contribution >= 0.6 is 0 Å². The van der Waals surface area contributed by atoms with Crippen LogP contribution in [0.4, 0.5) is 0 Å². The summed E-state index contributed by atoms with van der Waals surface area (Å²) >= 11 is 0. The second kappa shape index (κ2) is 7.51. The molecule has 0 radical (unpaired) electrons. The molecule has 1 N–H and O–H groups in total. The van der Waals surface area contributed by atoms with Gasteiger partial charge in [0.25, 0.3) is 10.2 Å². The van der Waals surface area contributed by atoms with Crippen molar-refractivity contribution in [2.24, 2.45) is 11.8 Å². The fourth-order valence-electron chi connectivity index (χ4n) is 3.06. The second-order valence-electron chi connectivity index (χ2n) is 6.28. The zero-order chi connectivity index (χ0) is 17.0. The fraction of sp³-hybridized carbons (Fsp3) is 0.625. The minimum Gasteiger partial charge on any atom is -0.493 e. The zero-order valence-electron chi connectivity index (χ0n) is 14.2. The number of benzene rings is 1. The minimum absolute atomic E-state index is 0.224. The first kappa shape index (κ1) is 18.0. The second-order valence-corrected chi connectivity index (χ2v) is 8.03. The normalized spacial score (nSPS) is 22.8. The number of nitrogens with zero attached hydrogens (tertiary/aromatic N) is 1. The molecule has 0 aromatic heterocycles. The molecule has 0 bridgehead atoms. The lowest BCUT2D eigenvalue weighted by molar-refractivity contribution is 0.220. The lowest BCUT2D eigenvalue weighted by Gasteiger charge is -2.33. The number of hydrogen-bond acceptors (Lipinski definition) is 4. The SMILES string of the molecule is COc1ccc(CNS(=O)(=O)N2C[C@H](C)C[C@@H](C)C2)cc1OC. The molecule has 0 saturated carbocycles. The van der Waals surface area contributed by atoms with Crippen LogP contribution in [-0.2, 0) is 16.8 Å². The predicted octanol–water partition coefficient (Wildman–Crippen LogP) is 2.02. The van der Waals surface area contributed by atoms with Crippen molar-refractivity contribution in [1.82, 2.24) is 9.03 Å². The first-order valence-corrected chi connectivity index (χ1v) is 9.25. The first-order valence-electron chi connectivity index (χ1n) is 7.81. The summed E-state index contributed by atoms with van der Waals surface area (Å²) in [7, 11) is -0.345. The number of rotatable bonds is 6. The lowest BCUT2D eigenvalue weighted by Crippen LogP contribution is -2.47. The quantitative estimate of drug-likeness (QED) is 0.859. The van der Waals surface area contributed by atoms with E-state index in [1.165, 1.54) is 0 Å². The van der Waals surface area contributed by atoms with E-state index in [1.54, 1.807) is 30.7 Å². The van der Waals surface area contributed by atoms with Crippen LogP contribution in [-0.4, -0.2) is 40.0 Å². The van der Waals surface area contributed by atoms with Crippen LogP contribution in [0.25, 0.3) is 0 Å². The highest BCUT2D eigenvalue weighted by molar-refractivity contribution is 7.87. The summed E-state index contributed by atoms with van der Waals surface area (Å²) in [6.45, 7) is 5.55. The Hall–Kier alpha value is -1.31. The van der Waals surface area contributed by atoms with Crippen molar-refractivity contribution in [2.45, 2.75) is 26.8 Å². The Morgan fingerprint density at radius 3 is 2.30 bits per heavy atom. The summed E-state index contributed by atoms with van der Waals surface area (Å²) in [5.74, 6) is 1.98. The Morgan fingerprint density at radius 2 is 1.74 bits per heavy atom. The summed E-state index contributed by atoms with van der Waals surface area (Å²) < 4.78 is 39.6. The molecule has 130 valence electrons. The fourth-order valence-corrected chi connectivity index (χ4v) is 4.49. The summed E-state index contributed by atoms with van der Waals surface area (Å²) in [6, 6.07) is 5.38. The van der Waals surface area contributed by atoms with E-state index in [1.807, 2.05) is 6.07 Å². The minimum atomic E-state index is -3.47. The van der Waals surface area contributed by atoms with E-state index in [9.17, 15) is 8.42 Å². The van der Waals surface area contributed by atoms with Crippen molar-refractivity contribution in [3.05, 3.63) is 23.8 Å². The van der Waals surface area contributed by atoms with E-state index in [0.29, 0.717) is 36.4 Å². The van der Waals surface area contributed by atoms with Crippen molar-refractivity contribution >= 4 is 10.2 Å². The average molecular weight is 342 g/mol. The predicted molar refractivity (Wildman–Crippen MR) is 89.8 cm³/mol. The number of ether oxygens (including phenoxy) is 2. The molecule has 7 heteroatoms. The van der Waals surface area contributed by atoms with Crippen molar-refractivity contribution < 1.29 is 17.9 Å². The van der Waals surface area contributed by atoms with E-state index in [0.717, 1.165) is 12.0 Å². The monoisotopic (exact) mass is 342 g/mol. The topological polar surface area (TPSA) is 67.9 Å². The van der Waals surface area contributed by atoms with Crippen LogP contribution in [0, 0.1) is 11.8 Å². The van der Waals surface area contributed by atoms with Gasteiger partial charge in [-0.15, -0.1) is 0 Å². The van der Waals surface area contributed by atoms with Crippen LogP contribution in [0.15, 0.2) is 18.2 Å². The van der Waals surface area contributed by atoms with Gasteiger partial charge in [-0.1, -0.05) is 19.9 Å². The summed E-state index contributed by atoms with van der Waals surface area (Å²) in [5.41, 5.74) is 0.823. The maximum atomic E-state index is 12.5. The maximum Gasteiger partial charge on any atom is 0.279 e. The van der Waals surface area contributed by atoms with E-state index in [-0.39, 0.29) is 6.54 Å². The molecule has 1 aromatic carbocycles. The molecular formula is C16H26N2O4S. The smallest absolute Gasteiger partial charge is 0.279 e. The van der Waals surface area contributed by atoms with E-state index in [4.69, 9.17) is 9.47 Å². The first-order chi connectivity index (χ1) is 10.9. The standard InChI is InChI=1S/C16H26N2O4S/c1-12-7-13(2)11-18(10-12)23(19,20)17-9-14-5-6-15(21-3)16(8-14)22-4/h5-6,8,12-13,17H,7,9-11H2,1-4H3/t12-,13-/m1/s1. The molecule has 1 aliphatic rings. The molecule has 0 amide bonds. The van der Waals surface area contributed by atoms with Gasteiger partial charge in [-0.05, 0) is 36.0 Å². The lowest BCUT2D eigenvalue weighted by atomic mass is 9.94. The number of hydrogen-bond donors (Lipinski definition) is 1. The summed E-state index contributed by atoms with van der Waals surface area (Å²) in [6.07, 6.45) is 1.07. The van der Waals surface area contributed by atoms with Gasteiger partial charge in [0.1, 0.15) is 0 Å². The highest BCUT2D eigenvalue weighted by atomic mass is 32.2. The van der Waals surface area contributed by atoms with Gasteiger partial charge >= 0.3 is 0 Å². The van der Waals surface area contributed by atoms with Gasteiger partial charge in [-0.3, -0.25) is 0 Å². The molecule has 0 spiro atoms. The van der Waals surface area contributed by atoms with Gasteiger partial charge in [0.15, 0.2) is 11.5 Å². The van der Waals surface area contributed by atoms with Crippen LogP contribution in [0.2, 0.25) is 0 Å². The summed E-state index contributed by atoms with van der Waals surface area (Å²) in [4.78, 5) is 0. The van der Waals surface area contributed by atoms with Gasteiger partial charge in [-0.25, -0.2) is 0 Å². The van der Waals surface area contributed by atoms with Crippen LogP contribution in [0.5, 0.6) is 11.5 Å². The molecular weight excluding hydrogens is 316 g/mol. The molecule has 2 rings (SSSR count). The third-order valence-corrected chi connectivity index (χ3v) is 5.57. The van der Waals surface area contributed by atoms with Crippen LogP contribution in [0.3, 0.4) is 0 Å². The Kier molecular flexibility index (Phi) is 5.89. The third-order valence-electron chi connectivity index (χ3n) is 4.08. The zero-order valence-corrected chi connectivity index (χ0v) is 15.0. The van der Waals surface area contributed by atoms with Crippen molar-refractivity contribution in [2.75, 3.05) is 27.3 Å². The molecule has 1 aliphatic heterocycles. The molecule has 6 nitrogen and oxygen atoms in total. The highest BCUT2D eigenvalue weighted by Gasteiger charge is 2.30. The molecule has 0 unspecified atom stereocenters. The number of piperidine rings is 1. The van der Waals surface area contributed by atoms with Gasteiger partial charge in [0.05, 0.1) is 14.2 Å². The Bertz CT molecular complexity index is 623. The summed E-state index contributed by atoms with van der Waals surface area (Å²) in [5, 5.41) is 0. The van der Waals surface area contributed by atoms with Gasteiger partial charge in [0, 0.05) is 19.6 Å². The largest absolute Gasteiger partial charge is 0.493 e. The molecule has 1 saturated heterocycles.